The van der Waals surface area contributed by atoms with Crippen LogP contribution in [0.3, 0.4) is 0 Å². The molecule has 32 heavy (non-hydrogen) atoms. The minimum absolute atomic E-state index is 0.909. The lowest BCUT2D eigenvalue weighted by molar-refractivity contribution is 0.321. The summed E-state index contributed by atoms with van der Waals surface area (Å²) in [6.07, 6.45) is 0. The monoisotopic (exact) mass is 417 g/mol. The summed E-state index contributed by atoms with van der Waals surface area (Å²) in [7, 11) is 6.56. The van der Waals surface area contributed by atoms with Crippen molar-refractivity contribution < 1.29 is 0 Å². The Hall–Kier alpha value is -3.56. The molecule has 158 valence electrons. The zero-order valence-corrected chi connectivity index (χ0v) is 18.8. The van der Waals surface area contributed by atoms with Crippen molar-refractivity contribution in [1.82, 2.24) is 14.0 Å². The lowest BCUT2D eigenvalue weighted by Crippen LogP contribution is -2.17. The number of hydrogen-bond donors (Lipinski definition) is 0. The highest BCUT2D eigenvalue weighted by atomic mass is 15.1. The third-order valence-electron chi connectivity index (χ3n) is 6.93. The van der Waals surface area contributed by atoms with Gasteiger partial charge in [0.2, 0.25) is 0 Å². The minimum atomic E-state index is 0.909. The zero-order chi connectivity index (χ0) is 21.8. The molecule has 0 fully saturated rings. The molecule has 0 aliphatic rings. The Labute approximate surface area is 188 Å². The summed E-state index contributed by atoms with van der Waals surface area (Å²) in [4.78, 5) is 2.44. The van der Waals surface area contributed by atoms with Crippen LogP contribution in [0, 0.1) is 0 Å². The van der Waals surface area contributed by atoms with E-state index in [1.165, 1.54) is 54.7 Å². The maximum absolute atomic E-state index is 2.44. The molecule has 0 saturated heterocycles. The van der Waals surface area contributed by atoms with Gasteiger partial charge in [-0.1, -0.05) is 60.7 Å². The number of fused-ring (bicyclic) bond motifs is 6. The molecular weight excluding hydrogens is 390 g/mol. The predicted molar refractivity (Wildman–Crippen MR) is 136 cm³/mol. The van der Waals surface area contributed by atoms with Crippen molar-refractivity contribution in [1.29, 1.82) is 0 Å². The molecule has 0 amide bonds. The molecule has 0 unspecified atom stereocenters. The van der Waals surface area contributed by atoms with Crippen LogP contribution in [-0.4, -0.2) is 21.1 Å². The van der Waals surface area contributed by atoms with E-state index < -0.39 is 0 Å². The molecule has 3 heteroatoms. The molecule has 0 atom stereocenters. The molecule has 2 heterocycles. The van der Waals surface area contributed by atoms with Gasteiger partial charge in [0.25, 0.3) is 0 Å². The number of rotatable bonds is 4. The van der Waals surface area contributed by atoms with Crippen molar-refractivity contribution in [3.8, 4) is 0 Å². The van der Waals surface area contributed by atoms with Gasteiger partial charge in [-0.25, -0.2) is 0 Å². The topological polar surface area (TPSA) is 13.1 Å². The smallest absolute Gasteiger partial charge is 0.0492 e. The number of nitrogens with zero attached hydrogens (tertiary/aromatic N) is 3. The molecule has 6 aromatic rings. The normalized spacial score (nSPS) is 12.1. The van der Waals surface area contributed by atoms with E-state index in [2.05, 4.69) is 120 Å². The van der Waals surface area contributed by atoms with Gasteiger partial charge in [0, 0.05) is 70.8 Å². The van der Waals surface area contributed by atoms with E-state index in [4.69, 9.17) is 0 Å². The average molecular weight is 418 g/mol. The van der Waals surface area contributed by atoms with Crippen molar-refractivity contribution in [2.75, 3.05) is 7.05 Å². The number of benzene rings is 4. The average Bonchev–Trinajstić information content (AvgIpc) is 3.28. The Bertz CT molecular complexity index is 1490. The summed E-state index contributed by atoms with van der Waals surface area (Å²) in [6, 6.07) is 30.9. The molecule has 6 rings (SSSR count). The van der Waals surface area contributed by atoms with Crippen LogP contribution in [0.4, 0.5) is 0 Å². The van der Waals surface area contributed by atoms with Crippen LogP contribution < -0.4 is 0 Å². The van der Waals surface area contributed by atoms with Gasteiger partial charge >= 0.3 is 0 Å². The Morgan fingerprint density at radius 2 is 0.938 bits per heavy atom. The second kappa shape index (κ2) is 7.25. The van der Waals surface area contributed by atoms with E-state index in [-0.39, 0.29) is 0 Å². The summed E-state index contributed by atoms with van der Waals surface area (Å²) >= 11 is 0. The van der Waals surface area contributed by atoms with Gasteiger partial charge in [-0.2, -0.15) is 0 Å². The maximum atomic E-state index is 2.44. The predicted octanol–water partition coefficient (Wildman–Crippen LogP) is 6.61. The van der Waals surface area contributed by atoms with Crippen molar-refractivity contribution >= 4 is 43.6 Å². The molecule has 4 aromatic carbocycles. The molecule has 0 radical (unpaired) electrons. The lowest BCUT2D eigenvalue weighted by Gasteiger charge is -2.18. The molecule has 0 N–H and O–H groups in total. The van der Waals surface area contributed by atoms with Crippen molar-refractivity contribution in [2.45, 2.75) is 13.1 Å². The second-order valence-electron chi connectivity index (χ2n) is 8.95. The highest BCUT2D eigenvalue weighted by molar-refractivity contribution is 6.10. The molecule has 0 spiro atoms. The number of para-hydroxylation sites is 2. The number of aryl methyl sites for hydroxylation is 2. The number of hydrogen-bond acceptors (Lipinski definition) is 1. The van der Waals surface area contributed by atoms with E-state index in [0.717, 1.165) is 13.1 Å². The van der Waals surface area contributed by atoms with Crippen LogP contribution in [-0.2, 0) is 27.2 Å². The lowest BCUT2D eigenvalue weighted by atomic mass is 10.0. The Kier molecular flexibility index (Phi) is 4.34. The van der Waals surface area contributed by atoms with Crippen LogP contribution >= 0.6 is 0 Å². The first kappa shape index (κ1) is 19.1. The van der Waals surface area contributed by atoms with Crippen LogP contribution in [0.1, 0.15) is 11.1 Å². The highest BCUT2D eigenvalue weighted by Crippen LogP contribution is 2.33. The Morgan fingerprint density at radius 3 is 1.41 bits per heavy atom. The van der Waals surface area contributed by atoms with Gasteiger partial charge in [0.05, 0.1) is 0 Å². The van der Waals surface area contributed by atoms with E-state index >= 15 is 0 Å². The molecule has 2 aromatic heterocycles. The van der Waals surface area contributed by atoms with E-state index in [9.17, 15) is 0 Å². The molecule has 0 bridgehead atoms. The Morgan fingerprint density at radius 1 is 0.531 bits per heavy atom. The van der Waals surface area contributed by atoms with E-state index in [0.29, 0.717) is 0 Å². The van der Waals surface area contributed by atoms with Gasteiger partial charge in [-0.15, -0.1) is 0 Å². The van der Waals surface area contributed by atoms with Gasteiger partial charge in [0.1, 0.15) is 0 Å². The van der Waals surface area contributed by atoms with E-state index in [1.54, 1.807) is 0 Å². The molecular formula is C29H27N3. The molecule has 0 saturated carbocycles. The third-order valence-corrected chi connectivity index (χ3v) is 6.93. The summed E-state index contributed by atoms with van der Waals surface area (Å²) in [6.45, 7) is 1.82. The molecule has 3 nitrogen and oxygen atoms in total. The van der Waals surface area contributed by atoms with E-state index in [1.807, 2.05) is 0 Å². The van der Waals surface area contributed by atoms with Gasteiger partial charge in [0.15, 0.2) is 0 Å². The Balaban J connectivity index is 1.41. The SMILES string of the molecule is CN(Cc1cccc2c1c1ccccc1n2C)Cc1cccc2c1c1ccccc1n2C. The first-order valence-electron chi connectivity index (χ1n) is 11.2. The number of aromatic nitrogens is 2. The van der Waals surface area contributed by atoms with Crippen molar-refractivity contribution in [3.63, 3.8) is 0 Å². The minimum Gasteiger partial charge on any atom is -0.344 e. The highest BCUT2D eigenvalue weighted by Gasteiger charge is 2.15. The molecule has 0 aliphatic heterocycles. The third kappa shape index (κ3) is 2.78. The maximum Gasteiger partial charge on any atom is 0.0492 e. The fourth-order valence-electron chi connectivity index (χ4n) is 5.47. The zero-order valence-electron chi connectivity index (χ0n) is 18.8. The van der Waals surface area contributed by atoms with Gasteiger partial charge in [-0.05, 0) is 42.4 Å². The van der Waals surface area contributed by atoms with Crippen molar-refractivity contribution in [2.24, 2.45) is 14.1 Å². The van der Waals surface area contributed by atoms with Crippen LogP contribution in [0.5, 0.6) is 0 Å². The summed E-state index contributed by atoms with van der Waals surface area (Å²) in [5.74, 6) is 0. The van der Waals surface area contributed by atoms with Crippen LogP contribution in [0.2, 0.25) is 0 Å². The second-order valence-corrected chi connectivity index (χ2v) is 8.95. The molecule has 0 aliphatic carbocycles. The van der Waals surface area contributed by atoms with Crippen LogP contribution in [0.15, 0.2) is 84.9 Å². The fourth-order valence-corrected chi connectivity index (χ4v) is 5.47. The fraction of sp³-hybridized carbons (Fsp3) is 0.172. The first-order chi connectivity index (χ1) is 15.6. The standard InChI is InChI=1S/C29H27N3/c1-30(18-20-10-8-16-26-28(20)22-12-4-6-14-24(22)31(26)2)19-21-11-9-17-27-29(21)23-13-5-7-15-25(23)32(27)3/h4-17H,18-19H2,1-3H3. The van der Waals surface area contributed by atoms with Crippen molar-refractivity contribution in [3.05, 3.63) is 96.1 Å². The quantitative estimate of drug-likeness (QED) is 0.315. The van der Waals surface area contributed by atoms with Gasteiger partial charge < -0.3 is 9.13 Å². The largest absolute Gasteiger partial charge is 0.344 e. The van der Waals surface area contributed by atoms with Gasteiger partial charge in [-0.3, -0.25) is 4.90 Å². The summed E-state index contributed by atoms with van der Waals surface area (Å²) in [5, 5.41) is 5.43. The summed E-state index contributed by atoms with van der Waals surface area (Å²) in [5.41, 5.74) is 7.94. The van der Waals surface area contributed by atoms with Crippen LogP contribution in [0.25, 0.3) is 43.6 Å². The first-order valence-corrected chi connectivity index (χ1v) is 11.2. The summed E-state index contributed by atoms with van der Waals surface area (Å²) < 4.78 is 4.62.